The first-order valence-electron chi connectivity index (χ1n) is 10.4. The summed E-state index contributed by atoms with van der Waals surface area (Å²) in [7, 11) is 0. The van der Waals surface area contributed by atoms with Gasteiger partial charge in [0.05, 0.1) is 37.7 Å². The minimum absolute atomic E-state index is 0.0291. The quantitative estimate of drug-likeness (QED) is 0.328. The number of hydrogen-bond donors (Lipinski definition) is 1. The number of fused-ring (bicyclic) bond motifs is 1. The van der Waals surface area contributed by atoms with Gasteiger partial charge < -0.3 is 19.1 Å². The van der Waals surface area contributed by atoms with Crippen molar-refractivity contribution in [1.82, 2.24) is 9.55 Å². The topological polar surface area (TPSA) is 73.6 Å². The lowest BCUT2D eigenvalue weighted by Crippen LogP contribution is -2.16. The van der Waals surface area contributed by atoms with Gasteiger partial charge in [-0.05, 0) is 36.6 Å². The van der Waals surface area contributed by atoms with Crippen molar-refractivity contribution in [3.05, 3.63) is 62.6 Å². The van der Waals surface area contributed by atoms with Gasteiger partial charge in [-0.25, -0.2) is 9.37 Å². The van der Waals surface area contributed by atoms with Gasteiger partial charge in [-0.3, -0.25) is 4.79 Å². The maximum Gasteiger partial charge on any atom is 0.188 e. The van der Waals surface area contributed by atoms with Gasteiger partial charge in [-0.15, -0.1) is 0 Å². The molecule has 1 saturated heterocycles. The standard InChI is InChI=1S/C23H23BrClFN2O4/c24-15-4-3-14(19(25)9-15)8-18-17(21(30)12-31-7-5-29)10-20-23(22(18)26)27-13-28(20)11-16-2-1-6-32-16/h3-4,9-10,13,16,29H,1-2,5-8,11-12H2. The fourth-order valence-electron chi connectivity index (χ4n) is 3.93. The second-order valence-corrected chi connectivity index (χ2v) is 9.05. The van der Waals surface area contributed by atoms with Crippen LogP contribution in [0.4, 0.5) is 4.39 Å². The third kappa shape index (κ3) is 5.05. The van der Waals surface area contributed by atoms with Crippen molar-refractivity contribution in [2.24, 2.45) is 0 Å². The van der Waals surface area contributed by atoms with E-state index in [0.717, 1.165) is 23.9 Å². The third-order valence-corrected chi connectivity index (χ3v) is 6.38. The molecule has 32 heavy (non-hydrogen) atoms. The summed E-state index contributed by atoms with van der Waals surface area (Å²) in [5.41, 5.74) is 1.88. The van der Waals surface area contributed by atoms with E-state index in [1.165, 1.54) is 0 Å². The lowest BCUT2D eigenvalue weighted by molar-refractivity contribution is 0.0663. The average Bonchev–Trinajstić information content (AvgIpc) is 3.42. The van der Waals surface area contributed by atoms with Crippen molar-refractivity contribution < 1.29 is 23.8 Å². The van der Waals surface area contributed by atoms with Crippen LogP contribution in [0.15, 0.2) is 35.1 Å². The number of ether oxygens (including phenoxy) is 2. The summed E-state index contributed by atoms with van der Waals surface area (Å²) in [6, 6.07) is 7.02. The van der Waals surface area contributed by atoms with E-state index in [1.54, 1.807) is 24.5 Å². The first-order chi connectivity index (χ1) is 15.5. The van der Waals surface area contributed by atoms with Gasteiger partial charge in [-0.2, -0.15) is 0 Å². The molecule has 9 heteroatoms. The SMILES string of the molecule is O=C(COCCO)c1cc2c(ncn2CC2CCCO2)c(F)c1Cc1ccc(Br)cc1Cl. The minimum Gasteiger partial charge on any atom is -0.394 e. The van der Waals surface area contributed by atoms with Crippen molar-refractivity contribution in [3.63, 3.8) is 0 Å². The number of hydrogen-bond acceptors (Lipinski definition) is 5. The van der Waals surface area contributed by atoms with Gasteiger partial charge in [0.25, 0.3) is 0 Å². The first kappa shape index (κ1) is 23.3. The van der Waals surface area contributed by atoms with Crippen molar-refractivity contribution >= 4 is 44.3 Å². The normalized spacial score (nSPS) is 16.2. The molecule has 0 radical (unpaired) electrons. The van der Waals surface area contributed by atoms with Crippen LogP contribution in [0.5, 0.6) is 0 Å². The predicted molar refractivity (Wildman–Crippen MR) is 123 cm³/mol. The van der Waals surface area contributed by atoms with Crippen LogP contribution in [-0.4, -0.2) is 53.0 Å². The Balaban J connectivity index is 1.76. The molecular formula is C23H23BrClFN2O4. The molecule has 170 valence electrons. The van der Waals surface area contributed by atoms with Crippen molar-refractivity contribution in [2.75, 3.05) is 26.4 Å². The highest BCUT2D eigenvalue weighted by atomic mass is 79.9. The molecule has 1 N–H and O–H groups in total. The zero-order valence-corrected chi connectivity index (χ0v) is 19.7. The largest absolute Gasteiger partial charge is 0.394 e. The number of Topliss-reactive ketones (excluding diaryl/α,β-unsaturated/α-hetero) is 1. The summed E-state index contributed by atoms with van der Waals surface area (Å²) in [6.45, 7) is 0.835. The number of carbonyl (C=O) groups is 1. The Hall–Kier alpha value is -1.84. The molecule has 3 aromatic rings. The van der Waals surface area contributed by atoms with E-state index in [0.29, 0.717) is 22.6 Å². The van der Waals surface area contributed by atoms with E-state index < -0.39 is 5.82 Å². The number of rotatable bonds is 9. The smallest absolute Gasteiger partial charge is 0.188 e. The number of nitrogens with zero attached hydrogens (tertiary/aromatic N) is 2. The Morgan fingerprint density at radius 2 is 2.25 bits per heavy atom. The zero-order chi connectivity index (χ0) is 22.7. The number of benzene rings is 2. The van der Waals surface area contributed by atoms with Gasteiger partial charge in [0, 0.05) is 33.6 Å². The second-order valence-electron chi connectivity index (χ2n) is 7.73. The molecule has 1 aliphatic rings. The molecule has 1 unspecified atom stereocenters. The van der Waals surface area contributed by atoms with E-state index in [4.69, 9.17) is 26.2 Å². The minimum atomic E-state index is -0.543. The van der Waals surface area contributed by atoms with Crippen LogP contribution in [0.3, 0.4) is 0 Å². The summed E-state index contributed by atoms with van der Waals surface area (Å²) in [6.07, 6.45) is 3.69. The number of aliphatic hydroxyl groups excluding tert-OH is 1. The summed E-state index contributed by atoms with van der Waals surface area (Å²) in [5, 5.41) is 9.41. The maximum atomic E-state index is 15.7. The number of carbonyl (C=O) groups excluding carboxylic acids is 1. The zero-order valence-electron chi connectivity index (χ0n) is 17.3. The highest BCUT2D eigenvalue weighted by Crippen LogP contribution is 2.30. The van der Waals surface area contributed by atoms with Gasteiger partial charge in [0.2, 0.25) is 0 Å². The fourth-order valence-corrected chi connectivity index (χ4v) is 4.67. The molecule has 1 aliphatic heterocycles. The molecular weight excluding hydrogens is 503 g/mol. The van der Waals surface area contributed by atoms with Crippen LogP contribution in [-0.2, 0) is 22.4 Å². The number of ketones is 1. The van der Waals surface area contributed by atoms with Gasteiger partial charge in [0.1, 0.15) is 12.1 Å². The van der Waals surface area contributed by atoms with Crippen LogP contribution in [0.1, 0.15) is 34.3 Å². The summed E-state index contributed by atoms with van der Waals surface area (Å²) in [4.78, 5) is 17.3. The van der Waals surface area contributed by atoms with Crippen LogP contribution in [0.25, 0.3) is 11.0 Å². The molecule has 1 atom stereocenters. The molecule has 1 aromatic heterocycles. The summed E-state index contributed by atoms with van der Waals surface area (Å²) in [5.74, 6) is -0.912. The lowest BCUT2D eigenvalue weighted by Gasteiger charge is -2.15. The molecule has 0 saturated carbocycles. The van der Waals surface area contributed by atoms with Gasteiger partial charge in [0.15, 0.2) is 11.6 Å². The molecule has 0 amide bonds. The fraction of sp³-hybridized carbons (Fsp3) is 0.391. The second kappa shape index (κ2) is 10.4. The van der Waals surface area contributed by atoms with Gasteiger partial charge in [-0.1, -0.05) is 33.6 Å². The monoisotopic (exact) mass is 524 g/mol. The number of halogens is 3. The van der Waals surface area contributed by atoms with Crippen LogP contribution in [0, 0.1) is 5.82 Å². The molecule has 0 bridgehead atoms. The number of aromatic nitrogens is 2. The average molecular weight is 526 g/mol. The Morgan fingerprint density at radius 1 is 1.41 bits per heavy atom. The Morgan fingerprint density at radius 3 is 2.97 bits per heavy atom. The molecule has 2 heterocycles. The molecule has 2 aromatic carbocycles. The van der Waals surface area contributed by atoms with E-state index in [-0.39, 0.29) is 54.8 Å². The van der Waals surface area contributed by atoms with E-state index in [9.17, 15) is 4.79 Å². The van der Waals surface area contributed by atoms with Gasteiger partial charge >= 0.3 is 0 Å². The number of aliphatic hydroxyl groups is 1. The predicted octanol–water partition coefficient (Wildman–Crippen LogP) is 4.55. The lowest BCUT2D eigenvalue weighted by atomic mass is 9.95. The van der Waals surface area contributed by atoms with Crippen molar-refractivity contribution in [3.8, 4) is 0 Å². The van der Waals surface area contributed by atoms with E-state index in [1.807, 2.05) is 10.6 Å². The molecule has 0 aliphatic carbocycles. The Labute approximate surface area is 198 Å². The maximum absolute atomic E-state index is 15.7. The van der Waals surface area contributed by atoms with Crippen molar-refractivity contribution in [1.29, 1.82) is 0 Å². The van der Waals surface area contributed by atoms with E-state index in [2.05, 4.69) is 20.9 Å². The summed E-state index contributed by atoms with van der Waals surface area (Å²) < 4.78 is 29.3. The van der Waals surface area contributed by atoms with Crippen LogP contribution >= 0.6 is 27.5 Å². The summed E-state index contributed by atoms with van der Waals surface area (Å²) >= 11 is 9.73. The molecule has 6 nitrogen and oxygen atoms in total. The molecule has 1 fully saturated rings. The van der Waals surface area contributed by atoms with Crippen LogP contribution in [0.2, 0.25) is 5.02 Å². The first-order valence-corrected chi connectivity index (χ1v) is 11.6. The highest BCUT2D eigenvalue weighted by molar-refractivity contribution is 9.10. The molecule has 0 spiro atoms. The van der Waals surface area contributed by atoms with E-state index >= 15 is 4.39 Å². The highest BCUT2D eigenvalue weighted by Gasteiger charge is 2.24. The van der Waals surface area contributed by atoms with Crippen molar-refractivity contribution in [2.45, 2.75) is 31.9 Å². The van der Waals surface area contributed by atoms with Crippen LogP contribution < -0.4 is 0 Å². The third-order valence-electron chi connectivity index (χ3n) is 5.53. The number of imidazole rings is 1. The Bertz CT molecular complexity index is 1130. The Kier molecular flexibility index (Phi) is 7.58. The molecule has 4 rings (SSSR count).